The number of aryl methyl sites for hydroxylation is 1. The van der Waals surface area contributed by atoms with Crippen LogP contribution in [0.15, 0.2) is 47.4 Å². The lowest BCUT2D eigenvalue weighted by molar-refractivity contribution is -0.136. The Kier molecular flexibility index (Phi) is 5.21. The zero-order valence-electron chi connectivity index (χ0n) is 18.8. The fourth-order valence-corrected chi connectivity index (χ4v) is 7.01. The molecule has 1 aliphatic carbocycles. The van der Waals surface area contributed by atoms with E-state index in [-0.39, 0.29) is 35.5 Å². The van der Waals surface area contributed by atoms with Gasteiger partial charge in [0.2, 0.25) is 10.0 Å². The van der Waals surface area contributed by atoms with Crippen molar-refractivity contribution in [3.05, 3.63) is 53.7 Å². The van der Waals surface area contributed by atoms with Crippen molar-refractivity contribution < 1.29 is 23.1 Å². The zero-order chi connectivity index (χ0) is 23.5. The molecule has 0 unspecified atom stereocenters. The van der Waals surface area contributed by atoms with Crippen LogP contribution in [-0.4, -0.2) is 51.8 Å². The van der Waals surface area contributed by atoms with Crippen molar-refractivity contribution in [1.29, 1.82) is 0 Å². The van der Waals surface area contributed by atoms with Gasteiger partial charge in [-0.2, -0.15) is 9.40 Å². The standard InChI is InChI=1S/C24H27N3O5S/c1-14(2)32-17-5-7-18(8-6-17)33(30,31)27-16-11-22(23(27)12-16)26-21-10-15(3)4-9-19(21)20(25-26)13-24(28)29/h4-10,14,16,22-23H,11-13H2,1-3H3,(H,28,29)/t16-,22+,23-/m0/s1. The summed E-state index contributed by atoms with van der Waals surface area (Å²) in [6, 6.07) is 12.0. The molecule has 0 amide bonds. The number of ether oxygens (including phenoxy) is 1. The van der Waals surface area contributed by atoms with Crippen LogP contribution in [0.4, 0.5) is 0 Å². The molecule has 1 saturated carbocycles. The minimum absolute atomic E-state index is 0.0120. The molecule has 33 heavy (non-hydrogen) atoms. The van der Waals surface area contributed by atoms with E-state index in [1.807, 2.05) is 43.7 Å². The molecular formula is C24H27N3O5S. The lowest BCUT2D eigenvalue weighted by Gasteiger charge is -2.39. The van der Waals surface area contributed by atoms with Crippen LogP contribution >= 0.6 is 0 Å². The Morgan fingerprint density at radius 2 is 1.85 bits per heavy atom. The van der Waals surface area contributed by atoms with Crippen molar-refractivity contribution in [2.24, 2.45) is 0 Å². The number of aliphatic carboxylic acids is 1. The maximum Gasteiger partial charge on any atom is 0.309 e. The second-order valence-corrected chi connectivity index (χ2v) is 11.1. The van der Waals surface area contributed by atoms with Crippen LogP contribution in [0, 0.1) is 6.92 Å². The molecule has 6 rings (SSSR count). The predicted molar refractivity (Wildman–Crippen MR) is 123 cm³/mol. The molecule has 0 spiro atoms. The second kappa shape index (κ2) is 7.85. The summed E-state index contributed by atoms with van der Waals surface area (Å²) in [7, 11) is -3.66. The number of carbonyl (C=O) groups is 1. The van der Waals surface area contributed by atoms with Gasteiger partial charge < -0.3 is 9.84 Å². The number of aromatic nitrogens is 2. The van der Waals surface area contributed by atoms with Gasteiger partial charge in [-0.05, 0) is 69.5 Å². The van der Waals surface area contributed by atoms with Crippen LogP contribution in [0.1, 0.15) is 44.0 Å². The molecule has 3 heterocycles. The normalized spacial score (nSPS) is 22.6. The topological polar surface area (TPSA) is 102 Å². The molecular weight excluding hydrogens is 442 g/mol. The Morgan fingerprint density at radius 3 is 2.52 bits per heavy atom. The third-order valence-electron chi connectivity index (χ3n) is 6.50. The number of carboxylic acid groups (broad SMARTS) is 1. The fraction of sp³-hybridized carbons (Fsp3) is 0.417. The minimum atomic E-state index is -3.66. The molecule has 0 radical (unpaired) electrons. The summed E-state index contributed by atoms with van der Waals surface area (Å²) in [6.07, 6.45) is 1.29. The summed E-state index contributed by atoms with van der Waals surface area (Å²) >= 11 is 0. The molecule has 174 valence electrons. The Morgan fingerprint density at radius 1 is 1.15 bits per heavy atom. The Balaban J connectivity index is 1.46. The van der Waals surface area contributed by atoms with Crippen molar-refractivity contribution in [3.63, 3.8) is 0 Å². The highest BCUT2D eigenvalue weighted by molar-refractivity contribution is 7.89. The van der Waals surface area contributed by atoms with E-state index in [2.05, 4.69) is 5.10 Å². The van der Waals surface area contributed by atoms with Crippen molar-refractivity contribution >= 4 is 26.9 Å². The van der Waals surface area contributed by atoms with E-state index in [4.69, 9.17) is 4.74 Å². The molecule has 3 aliphatic rings. The van der Waals surface area contributed by atoms with E-state index in [0.717, 1.165) is 22.9 Å². The van der Waals surface area contributed by atoms with Crippen LogP contribution in [0.2, 0.25) is 0 Å². The molecule has 2 saturated heterocycles. The minimum Gasteiger partial charge on any atom is -0.491 e. The van der Waals surface area contributed by atoms with Crippen LogP contribution in [0.25, 0.3) is 10.9 Å². The van der Waals surface area contributed by atoms with Gasteiger partial charge in [0.25, 0.3) is 0 Å². The first-order valence-corrected chi connectivity index (χ1v) is 12.6. The summed E-state index contributed by atoms with van der Waals surface area (Å²) < 4.78 is 36.0. The van der Waals surface area contributed by atoms with Gasteiger partial charge in [0.15, 0.2) is 0 Å². The van der Waals surface area contributed by atoms with Crippen molar-refractivity contribution in [1.82, 2.24) is 14.1 Å². The van der Waals surface area contributed by atoms with Gasteiger partial charge in [-0.1, -0.05) is 12.1 Å². The van der Waals surface area contributed by atoms with Crippen molar-refractivity contribution in [3.8, 4) is 5.75 Å². The summed E-state index contributed by atoms with van der Waals surface area (Å²) in [4.78, 5) is 11.6. The number of hydrogen-bond donors (Lipinski definition) is 1. The maximum atomic E-state index is 13.4. The largest absolute Gasteiger partial charge is 0.491 e. The van der Waals surface area contributed by atoms with Gasteiger partial charge in [0, 0.05) is 17.5 Å². The highest BCUT2D eigenvalue weighted by Crippen LogP contribution is 2.51. The summed E-state index contributed by atoms with van der Waals surface area (Å²) in [5.74, 6) is -0.301. The Bertz CT molecular complexity index is 1330. The average Bonchev–Trinajstić information content (AvgIpc) is 3.39. The molecule has 1 aromatic heterocycles. The van der Waals surface area contributed by atoms with E-state index < -0.39 is 16.0 Å². The van der Waals surface area contributed by atoms with E-state index in [0.29, 0.717) is 17.9 Å². The number of sulfonamides is 1. The molecule has 2 aliphatic heterocycles. The van der Waals surface area contributed by atoms with Crippen molar-refractivity contribution in [2.45, 2.75) is 69.2 Å². The maximum absolute atomic E-state index is 13.4. The quantitative estimate of drug-likeness (QED) is 0.568. The van der Waals surface area contributed by atoms with E-state index in [1.165, 1.54) is 0 Å². The highest BCUT2D eigenvalue weighted by Gasteiger charge is 2.58. The van der Waals surface area contributed by atoms with Gasteiger partial charge in [-0.25, -0.2) is 8.42 Å². The summed E-state index contributed by atoms with van der Waals surface area (Å²) in [6.45, 7) is 5.82. The number of benzene rings is 2. The Hall–Kier alpha value is -2.91. The lowest BCUT2D eigenvalue weighted by Crippen LogP contribution is -2.53. The molecule has 8 nitrogen and oxygen atoms in total. The number of carboxylic acids is 1. The van der Waals surface area contributed by atoms with Crippen LogP contribution < -0.4 is 4.74 Å². The van der Waals surface area contributed by atoms with Crippen LogP contribution in [0.5, 0.6) is 5.75 Å². The van der Waals surface area contributed by atoms with E-state index >= 15 is 0 Å². The van der Waals surface area contributed by atoms with Gasteiger partial charge in [0.05, 0.1) is 34.7 Å². The van der Waals surface area contributed by atoms with E-state index in [9.17, 15) is 18.3 Å². The third-order valence-corrected chi connectivity index (χ3v) is 8.49. The third kappa shape index (κ3) is 3.69. The highest BCUT2D eigenvalue weighted by atomic mass is 32.2. The number of fused-ring (bicyclic) bond motifs is 2. The van der Waals surface area contributed by atoms with Crippen LogP contribution in [0.3, 0.4) is 0 Å². The van der Waals surface area contributed by atoms with Crippen molar-refractivity contribution in [2.75, 3.05) is 0 Å². The Labute approximate surface area is 192 Å². The van der Waals surface area contributed by atoms with Gasteiger partial charge in [-0.15, -0.1) is 0 Å². The molecule has 1 N–H and O–H groups in total. The number of rotatable bonds is 7. The average molecular weight is 470 g/mol. The number of nitrogens with zero attached hydrogens (tertiary/aromatic N) is 3. The molecule has 3 atom stereocenters. The first-order chi connectivity index (χ1) is 15.6. The summed E-state index contributed by atoms with van der Waals surface area (Å²) in [5, 5.41) is 14.8. The summed E-state index contributed by atoms with van der Waals surface area (Å²) in [5.41, 5.74) is 2.41. The SMILES string of the molecule is Cc1ccc2c(CC(=O)O)nn([C@@H]3C[C@H]4C[C@@H]3N4S(=O)(=O)c3ccc(OC(C)C)cc3)c2c1. The first-order valence-electron chi connectivity index (χ1n) is 11.1. The molecule has 9 heteroatoms. The van der Waals surface area contributed by atoms with Gasteiger partial charge in [-0.3, -0.25) is 9.48 Å². The lowest BCUT2D eigenvalue weighted by atomic mass is 10.1. The second-order valence-electron chi connectivity index (χ2n) is 9.22. The molecule has 2 aromatic carbocycles. The fourth-order valence-electron chi connectivity index (χ4n) is 5.14. The van der Waals surface area contributed by atoms with Gasteiger partial charge in [0.1, 0.15) is 5.75 Å². The number of hydrogen-bond acceptors (Lipinski definition) is 5. The predicted octanol–water partition coefficient (Wildman–Crippen LogP) is 3.54. The first kappa shape index (κ1) is 21.9. The monoisotopic (exact) mass is 469 g/mol. The van der Waals surface area contributed by atoms with Gasteiger partial charge >= 0.3 is 5.97 Å². The molecule has 2 bridgehead atoms. The molecule has 3 aromatic rings. The molecule has 3 fully saturated rings. The smallest absolute Gasteiger partial charge is 0.309 e. The van der Waals surface area contributed by atoms with Crippen LogP contribution in [-0.2, 0) is 21.2 Å². The zero-order valence-corrected chi connectivity index (χ0v) is 19.6. The van der Waals surface area contributed by atoms with E-state index in [1.54, 1.807) is 28.6 Å².